The number of aliphatic hydroxyl groups excluding tert-OH is 1. The standard InChI is InChI=1S/C22H33N7O2/c30-15-14-27-10-12-28(13-11-27)20-6-4-19(5-7-20)24-21(31)16-22(8-2-1-3-9-22)17-29-18-23-25-26-29/h4-7,18,30H,1-3,8-17H2,(H,24,31). The molecule has 2 heterocycles. The van der Waals surface area contributed by atoms with Crippen LogP contribution in [0.3, 0.4) is 0 Å². The van der Waals surface area contributed by atoms with Crippen LogP contribution in [0.5, 0.6) is 0 Å². The predicted octanol–water partition coefficient (Wildman–Crippen LogP) is 1.77. The summed E-state index contributed by atoms with van der Waals surface area (Å²) in [5.41, 5.74) is 1.93. The highest BCUT2D eigenvalue weighted by Crippen LogP contribution is 2.41. The summed E-state index contributed by atoms with van der Waals surface area (Å²) in [6.07, 6.45) is 7.71. The zero-order valence-corrected chi connectivity index (χ0v) is 18.1. The predicted molar refractivity (Wildman–Crippen MR) is 119 cm³/mol. The highest BCUT2D eigenvalue weighted by molar-refractivity contribution is 5.91. The van der Waals surface area contributed by atoms with Crippen molar-refractivity contribution in [2.45, 2.75) is 45.1 Å². The Labute approximate surface area is 183 Å². The van der Waals surface area contributed by atoms with Crippen molar-refractivity contribution < 1.29 is 9.90 Å². The van der Waals surface area contributed by atoms with Crippen LogP contribution < -0.4 is 10.2 Å². The van der Waals surface area contributed by atoms with Gasteiger partial charge in [-0.2, -0.15) is 0 Å². The molecule has 1 aromatic carbocycles. The van der Waals surface area contributed by atoms with Crippen molar-refractivity contribution in [1.29, 1.82) is 0 Å². The number of tetrazole rings is 1. The van der Waals surface area contributed by atoms with Crippen LogP contribution in [-0.2, 0) is 11.3 Å². The summed E-state index contributed by atoms with van der Waals surface area (Å²) in [6, 6.07) is 8.13. The molecule has 1 amide bonds. The summed E-state index contributed by atoms with van der Waals surface area (Å²) in [7, 11) is 0. The highest BCUT2D eigenvalue weighted by atomic mass is 16.3. The molecule has 168 valence electrons. The van der Waals surface area contributed by atoms with Gasteiger partial charge in [-0.05, 0) is 52.9 Å². The lowest BCUT2D eigenvalue weighted by atomic mass is 9.71. The van der Waals surface area contributed by atoms with E-state index < -0.39 is 0 Å². The van der Waals surface area contributed by atoms with E-state index in [1.54, 1.807) is 11.0 Å². The maximum Gasteiger partial charge on any atom is 0.224 e. The summed E-state index contributed by atoms with van der Waals surface area (Å²) in [6.45, 7) is 5.47. The summed E-state index contributed by atoms with van der Waals surface area (Å²) in [5, 5.41) is 23.7. The SMILES string of the molecule is O=C(CC1(Cn2cnnn2)CCCCC1)Nc1ccc(N2CCN(CCO)CC2)cc1. The third-order valence-corrected chi connectivity index (χ3v) is 6.64. The molecule has 31 heavy (non-hydrogen) atoms. The number of aromatic nitrogens is 4. The minimum Gasteiger partial charge on any atom is -0.395 e. The Morgan fingerprint density at radius 1 is 1.06 bits per heavy atom. The van der Waals surface area contributed by atoms with Crippen LogP contribution in [0.4, 0.5) is 11.4 Å². The molecule has 2 aliphatic rings. The van der Waals surface area contributed by atoms with Crippen LogP contribution in [-0.4, -0.2) is 75.5 Å². The molecule has 4 rings (SSSR count). The molecule has 2 N–H and O–H groups in total. The van der Waals surface area contributed by atoms with E-state index in [-0.39, 0.29) is 17.9 Å². The van der Waals surface area contributed by atoms with E-state index in [9.17, 15) is 4.79 Å². The van der Waals surface area contributed by atoms with Crippen molar-refractivity contribution in [3.8, 4) is 0 Å². The smallest absolute Gasteiger partial charge is 0.224 e. The molecule has 1 aliphatic heterocycles. The van der Waals surface area contributed by atoms with Crippen molar-refractivity contribution in [2.24, 2.45) is 5.41 Å². The number of β-amino-alcohol motifs (C(OH)–C–C–N with tert-alkyl or cyclic N) is 1. The zero-order chi connectivity index (χ0) is 21.5. The number of piperazine rings is 1. The highest BCUT2D eigenvalue weighted by Gasteiger charge is 2.35. The molecule has 9 heteroatoms. The molecule has 1 aliphatic carbocycles. The quantitative estimate of drug-likeness (QED) is 0.662. The molecular formula is C22H33N7O2. The summed E-state index contributed by atoms with van der Waals surface area (Å²) in [5.74, 6) is 0.0559. The number of amides is 1. The van der Waals surface area contributed by atoms with Gasteiger partial charge >= 0.3 is 0 Å². The van der Waals surface area contributed by atoms with Gasteiger partial charge in [-0.15, -0.1) is 5.10 Å². The van der Waals surface area contributed by atoms with Gasteiger partial charge in [0.15, 0.2) is 0 Å². The second-order valence-electron chi connectivity index (χ2n) is 8.89. The first-order valence-corrected chi connectivity index (χ1v) is 11.3. The Morgan fingerprint density at radius 3 is 2.45 bits per heavy atom. The Hall–Kier alpha value is -2.52. The molecule has 0 bridgehead atoms. The maximum absolute atomic E-state index is 12.9. The maximum atomic E-state index is 12.9. The van der Waals surface area contributed by atoms with Crippen LogP contribution in [0.15, 0.2) is 30.6 Å². The van der Waals surface area contributed by atoms with Gasteiger partial charge in [-0.3, -0.25) is 9.69 Å². The number of nitrogens with zero attached hydrogens (tertiary/aromatic N) is 6. The zero-order valence-electron chi connectivity index (χ0n) is 18.1. The molecule has 1 aromatic heterocycles. The first-order chi connectivity index (χ1) is 15.2. The van der Waals surface area contributed by atoms with Gasteiger partial charge in [0.1, 0.15) is 6.33 Å². The molecule has 1 saturated carbocycles. The number of carbonyl (C=O) groups is 1. The molecular weight excluding hydrogens is 394 g/mol. The van der Waals surface area contributed by atoms with Gasteiger partial charge in [0.2, 0.25) is 5.91 Å². The number of rotatable bonds is 8. The number of nitrogens with one attached hydrogen (secondary N) is 1. The van der Waals surface area contributed by atoms with E-state index >= 15 is 0 Å². The van der Waals surface area contributed by atoms with Crippen molar-refractivity contribution in [2.75, 3.05) is 49.5 Å². The number of carbonyl (C=O) groups excluding carboxylic acids is 1. The lowest BCUT2D eigenvalue weighted by Gasteiger charge is -2.36. The Kier molecular flexibility index (Phi) is 7.14. The fourth-order valence-electron chi connectivity index (χ4n) is 4.96. The summed E-state index contributed by atoms with van der Waals surface area (Å²) >= 11 is 0. The summed E-state index contributed by atoms with van der Waals surface area (Å²) in [4.78, 5) is 17.5. The normalized spacial score (nSPS) is 19.3. The van der Waals surface area contributed by atoms with Crippen LogP contribution in [0.2, 0.25) is 0 Å². The Bertz CT molecular complexity index is 811. The third-order valence-electron chi connectivity index (χ3n) is 6.64. The van der Waals surface area contributed by atoms with Gasteiger partial charge in [0, 0.05) is 50.5 Å². The number of hydrogen-bond acceptors (Lipinski definition) is 7. The average molecular weight is 428 g/mol. The van der Waals surface area contributed by atoms with E-state index in [1.807, 2.05) is 12.1 Å². The van der Waals surface area contributed by atoms with E-state index in [4.69, 9.17) is 5.11 Å². The van der Waals surface area contributed by atoms with Crippen molar-refractivity contribution in [3.63, 3.8) is 0 Å². The first kappa shape index (κ1) is 21.7. The van der Waals surface area contributed by atoms with Crippen LogP contribution in [0, 0.1) is 5.41 Å². The minimum absolute atomic E-state index is 0.0559. The Morgan fingerprint density at radius 2 is 1.81 bits per heavy atom. The molecule has 0 radical (unpaired) electrons. The number of anilines is 2. The Balaban J connectivity index is 1.32. The van der Waals surface area contributed by atoms with Crippen LogP contribution in [0.25, 0.3) is 0 Å². The largest absolute Gasteiger partial charge is 0.395 e. The number of benzene rings is 1. The van der Waals surface area contributed by atoms with E-state index in [0.717, 1.165) is 64.1 Å². The lowest BCUT2D eigenvalue weighted by molar-refractivity contribution is -0.119. The van der Waals surface area contributed by atoms with E-state index in [0.29, 0.717) is 13.0 Å². The van der Waals surface area contributed by atoms with Crippen molar-refractivity contribution in [3.05, 3.63) is 30.6 Å². The fourth-order valence-corrected chi connectivity index (χ4v) is 4.96. The van der Waals surface area contributed by atoms with Gasteiger partial charge in [0.25, 0.3) is 0 Å². The molecule has 0 spiro atoms. The fraction of sp³-hybridized carbons (Fsp3) is 0.636. The molecule has 0 unspecified atom stereocenters. The van der Waals surface area contributed by atoms with Gasteiger partial charge in [0.05, 0.1) is 13.2 Å². The monoisotopic (exact) mass is 427 g/mol. The minimum atomic E-state index is -0.0775. The lowest BCUT2D eigenvalue weighted by Crippen LogP contribution is -2.47. The van der Waals surface area contributed by atoms with Crippen LogP contribution >= 0.6 is 0 Å². The van der Waals surface area contributed by atoms with E-state index in [2.05, 4.69) is 42.8 Å². The average Bonchev–Trinajstić information content (AvgIpc) is 3.28. The number of aliphatic hydroxyl groups is 1. The molecule has 2 fully saturated rings. The molecule has 9 nitrogen and oxygen atoms in total. The molecule has 1 saturated heterocycles. The first-order valence-electron chi connectivity index (χ1n) is 11.3. The van der Waals surface area contributed by atoms with Crippen LogP contribution in [0.1, 0.15) is 38.5 Å². The van der Waals surface area contributed by atoms with E-state index in [1.165, 1.54) is 12.1 Å². The second kappa shape index (κ2) is 10.2. The van der Waals surface area contributed by atoms with Crippen molar-refractivity contribution in [1.82, 2.24) is 25.1 Å². The summed E-state index contributed by atoms with van der Waals surface area (Å²) < 4.78 is 1.76. The van der Waals surface area contributed by atoms with Gasteiger partial charge < -0.3 is 15.3 Å². The van der Waals surface area contributed by atoms with Crippen molar-refractivity contribution >= 4 is 17.3 Å². The third kappa shape index (κ3) is 5.80. The van der Waals surface area contributed by atoms with Gasteiger partial charge in [-0.1, -0.05) is 19.3 Å². The number of hydrogen-bond donors (Lipinski definition) is 2. The second-order valence-corrected chi connectivity index (χ2v) is 8.89. The molecule has 2 aromatic rings. The van der Waals surface area contributed by atoms with Gasteiger partial charge in [-0.25, -0.2) is 4.68 Å². The topological polar surface area (TPSA) is 99.4 Å². The molecule has 0 atom stereocenters.